The van der Waals surface area contributed by atoms with E-state index in [0.29, 0.717) is 71.7 Å². The van der Waals surface area contributed by atoms with Crippen LogP contribution in [0.3, 0.4) is 0 Å². The number of amides is 3. The Labute approximate surface area is 168 Å². The standard InChI is InChI=1S/C19H38N4O5/c1-19(2,14-27-12-6-17(25)22-10-4-8-20-3)15-28-13-7-18(26)23-11-5-9-21-16-24/h16,20H,4-15H2,1-3H3,(H,21,24)(H,22,25)(H,23,26). The van der Waals surface area contributed by atoms with Gasteiger partial charge in [-0.3, -0.25) is 14.4 Å². The van der Waals surface area contributed by atoms with Crippen LogP contribution in [-0.2, 0) is 23.9 Å². The molecule has 0 aliphatic carbocycles. The topological polar surface area (TPSA) is 118 Å². The van der Waals surface area contributed by atoms with Gasteiger partial charge in [0.25, 0.3) is 0 Å². The molecule has 4 N–H and O–H groups in total. The number of rotatable bonds is 19. The van der Waals surface area contributed by atoms with Crippen LogP contribution in [-0.4, -0.2) is 77.9 Å². The molecule has 0 atom stereocenters. The highest BCUT2D eigenvalue weighted by atomic mass is 16.5. The third-order valence-corrected chi connectivity index (χ3v) is 3.76. The van der Waals surface area contributed by atoms with E-state index in [4.69, 9.17) is 9.47 Å². The maximum Gasteiger partial charge on any atom is 0.222 e. The maximum atomic E-state index is 11.6. The van der Waals surface area contributed by atoms with E-state index in [1.807, 2.05) is 20.9 Å². The van der Waals surface area contributed by atoms with Crippen LogP contribution < -0.4 is 21.3 Å². The third kappa shape index (κ3) is 17.7. The van der Waals surface area contributed by atoms with Gasteiger partial charge in [0, 0.05) is 37.9 Å². The molecule has 0 aliphatic heterocycles. The fraction of sp³-hybridized carbons (Fsp3) is 0.842. The van der Waals surface area contributed by atoms with Crippen LogP contribution >= 0.6 is 0 Å². The van der Waals surface area contributed by atoms with Crippen LogP contribution in [0.2, 0.25) is 0 Å². The molecule has 0 saturated heterocycles. The number of nitrogens with one attached hydrogen (secondary N) is 4. The van der Waals surface area contributed by atoms with Gasteiger partial charge in [0.05, 0.1) is 26.4 Å². The lowest BCUT2D eigenvalue weighted by Gasteiger charge is -2.24. The molecule has 9 heteroatoms. The molecular formula is C19H38N4O5. The van der Waals surface area contributed by atoms with E-state index in [0.717, 1.165) is 13.0 Å². The molecule has 0 unspecified atom stereocenters. The normalized spacial score (nSPS) is 11.1. The minimum atomic E-state index is -0.194. The average molecular weight is 403 g/mol. The van der Waals surface area contributed by atoms with Gasteiger partial charge in [-0.1, -0.05) is 13.8 Å². The predicted octanol–water partition coefficient (Wildman–Crippen LogP) is -0.196. The minimum Gasteiger partial charge on any atom is -0.380 e. The molecule has 0 aliphatic rings. The largest absolute Gasteiger partial charge is 0.380 e. The van der Waals surface area contributed by atoms with Crippen LogP contribution in [0.25, 0.3) is 0 Å². The summed E-state index contributed by atoms with van der Waals surface area (Å²) in [6.07, 6.45) is 2.89. The summed E-state index contributed by atoms with van der Waals surface area (Å²) < 4.78 is 11.2. The van der Waals surface area contributed by atoms with Crippen molar-refractivity contribution < 1.29 is 23.9 Å². The van der Waals surface area contributed by atoms with Gasteiger partial charge in [-0.25, -0.2) is 0 Å². The first-order chi connectivity index (χ1) is 13.4. The summed E-state index contributed by atoms with van der Waals surface area (Å²) in [6, 6.07) is 0. The van der Waals surface area contributed by atoms with E-state index < -0.39 is 0 Å². The fourth-order valence-electron chi connectivity index (χ4n) is 2.22. The summed E-state index contributed by atoms with van der Waals surface area (Å²) in [4.78, 5) is 33.4. The van der Waals surface area contributed by atoms with Crippen molar-refractivity contribution in [2.24, 2.45) is 5.41 Å². The smallest absolute Gasteiger partial charge is 0.222 e. The second kappa shape index (κ2) is 17.4. The Morgan fingerprint density at radius 2 is 1.36 bits per heavy atom. The molecular weight excluding hydrogens is 364 g/mol. The Hall–Kier alpha value is -1.71. The summed E-state index contributed by atoms with van der Waals surface area (Å²) in [5.74, 6) is -0.0704. The van der Waals surface area contributed by atoms with Crippen molar-refractivity contribution in [3.8, 4) is 0 Å². The predicted molar refractivity (Wildman–Crippen MR) is 108 cm³/mol. The van der Waals surface area contributed by atoms with E-state index in [1.54, 1.807) is 0 Å². The number of hydrogen-bond donors (Lipinski definition) is 4. The van der Waals surface area contributed by atoms with Crippen molar-refractivity contribution in [2.75, 3.05) is 59.7 Å². The lowest BCUT2D eigenvalue weighted by molar-refractivity contribution is -0.122. The van der Waals surface area contributed by atoms with Crippen LogP contribution in [0.1, 0.15) is 39.5 Å². The van der Waals surface area contributed by atoms with E-state index in [1.165, 1.54) is 0 Å². The molecule has 0 aromatic rings. The zero-order valence-electron chi connectivity index (χ0n) is 17.6. The van der Waals surface area contributed by atoms with Crippen LogP contribution in [0, 0.1) is 5.41 Å². The van der Waals surface area contributed by atoms with Gasteiger partial charge < -0.3 is 30.7 Å². The second-order valence-corrected chi connectivity index (χ2v) is 7.35. The quantitative estimate of drug-likeness (QED) is 0.176. The van der Waals surface area contributed by atoms with Crippen molar-refractivity contribution in [2.45, 2.75) is 39.5 Å². The highest BCUT2D eigenvalue weighted by molar-refractivity contribution is 5.76. The Bertz CT molecular complexity index is 433. The van der Waals surface area contributed by atoms with Crippen molar-refractivity contribution in [1.29, 1.82) is 0 Å². The number of carbonyl (C=O) groups is 3. The molecule has 0 radical (unpaired) electrons. The van der Waals surface area contributed by atoms with Crippen molar-refractivity contribution in [3.05, 3.63) is 0 Å². The van der Waals surface area contributed by atoms with Gasteiger partial charge in [0.15, 0.2) is 0 Å². The van der Waals surface area contributed by atoms with Gasteiger partial charge in [-0.05, 0) is 26.4 Å². The molecule has 0 aromatic carbocycles. The molecule has 164 valence electrons. The number of carbonyl (C=O) groups excluding carboxylic acids is 3. The van der Waals surface area contributed by atoms with Gasteiger partial charge >= 0.3 is 0 Å². The van der Waals surface area contributed by atoms with Gasteiger partial charge in [-0.15, -0.1) is 0 Å². The Balaban J connectivity index is 3.62. The zero-order valence-corrected chi connectivity index (χ0v) is 17.6. The molecule has 0 saturated carbocycles. The zero-order chi connectivity index (χ0) is 21.1. The van der Waals surface area contributed by atoms with E-state index in [9.17, 15) is 14.4 Å². The summed E-state index contributed by atoms with van der Waals surface area (Å²) in [7, 11) is 1.88. The monoisotopic (exact) mass is 402 g/mol. The van der Waals surface area contributed by atoms with Gasteiger partial charge in [0.2, 0.25) is 18.2 Å². The van der Waals surface area contributed by atoms with Crippen molar-refractivity contribution >= 4 is 18.2 Å². The molecule has 0 bridgehead atoms. The van der Waals surface area contributed by atoms with Crippen molar-refractivity contribution in [1.82, 2.24) is 21.3 Å². The van der Waals surface area contributed by atoms with Crippen molar-refractivity contribution in [3.63, 3.8) is 0 Å². The summed E-state index contributed by atoms with van der Waals surface area (Å²) in [6.45, 7) is 8.34. The lowest BCUT2D eigenvalue weighted by Crippen LogP contribution is -2.30. The minimum absolute atomic E-state index is 0.00175. The molecule has 0 rings (SSSR count). The fourth-order valence-corrected chi connectivity index (χ4v) is 2.22. The van der Waals surface area contributed by atoms with Gasteiger partial charge in [-0.2, -0.15) is 0 Å². The summed E-state index contributed by atoms with van der Waals surface area (Å²) in [5, 5.41) is 11.2. The van der Waals surface area contributed by atoms with Crippen LogP contribution in [0.5, 0.6) is 0 Å². The van der Waals surface area contributed by atoms with E-state index in [2.05, 4.69) is 21.3 Å². The Kier molecular flexibility index (Phi) is 16.3. The first-order valence-electron chi connectivity index (χ1n) is 9.92. The first-order valence-corrected chi connectivity index (χ1v) is 9.92. The molecule has 0 fully saturated rings. The number of hydrogen-bond acceptors (Lipinski definition) is 6. The van der Waals surface area contributed by atoms with Crippen LogP contribution in [0.15, 0.2) is 0 Å². The summed E-state index contributed by atoms with van der Waals surface area (Å²) >= 11 is 0. The number of ether oxygens (including phenoxy) is 2. The maximum absolute atomic E-state index is 11.6. The molecule has 0 heterocycles. The average Bonchev–Trinajstić information content (AvgIpc) is 2.66. The highest BCUT2D eigenvalue weighted by Crippen LogP contribution is 2.16. The van der Waals surface area contributed by atoms with Gasteiger partial charge in [0.1, 0.15) is 0 Å². The SMILES string of the molecule is CNCCCNC(=O)CCOCC(C)(C)COCCC(=O)NCCCNC=O. The highest BCUT2D eigenvalue weighted by Gasteiger charge is 2.19. The van der Waals surface area contributed by atoms with E-state index in [-0.39, 0.29) is 17.2 Å². The third-order valence-electron chi connectivity index (χ3n) is 3.76. The van der Waals surface area contributed by atoms with Crippen LogP contribution in [0.4, 0.5) is 0 Å². The Morgan fingerprint density at radius 1 is 0.857 bits per heavy atom. The molecule has 9 nitrogen and oxygen atoms in total. The summed E-state index contributed by atoms with van der Waals surface area (Å²) in [5.41, 5.74) is -0.194. The molecule has 28 heavy (non-hydrogen) atoms. The first kappa shape index (κ1) is 26.3. The molecule has 3 amide bonds. The van der Waals surface area contributed by atoms with E-state index >= 15 is 0 Å². The molecule has 0 spiro atoms. The Morgan fingerprint density at radius 3 is 1.82 bits per heavy atom. The lowest BCUT2D eigenvalue weighted by atomic mass is 9.96. The second-order valence-electron chi connectivity index (χ2n) is 7.35. The molecule has 0 aromatic heterocycles.